The fourth-order valence-electron chi connectivity index (χ4n) is 1.58. The van der Waals surface area contributed by atoms with Gasteiger partial charge in [-0.2, -0.15) is 0 Å². The minimum absolute atomic E-state index is 0.0465. The quantitative estimate of drug-likeness (QED) is 0.692. The van der Waals surface area contributed by atoms with Gasteiger partial charge in [-0.05, 0) is 5.41 Å². The van der Waals surface area contributed by atoms with Crippen LogP contribution >= 0.6 is 11.8 Å². The van der Waals surface area contributed by atoms with Crippen LogP contribution in [0.5, 0.6) is 0 Å². The third-order valence-electron chi connectivity index (χ3n) is 2.77. The van der Waals surface area contributed by atoms with Gasteiger partial charge in [-0.1, -0.05) is 20.8 Å². The van der Waals surface area contributed by atoms with Gasteiger partial charge in [0, 0.05) is 17.7 Å². The fourth-order valence-corrected chi connectivity index (χ4v) is 2.53. The maximum absolute atomic E-state index is 11.9. The van der Waals surface area contributed by atoms with E-state index >= 15 is 0 Å². The molecule has 0 saturated carbocycles. The number of carbonyl (C=O) groups is 2. The van der Waals surface area contributed by atoms with Gasteiger partial charge < -0.3 is 10.4 Å². The maximum atomic E-state index is 11.9. The van der Waals surface area contributed by atoms with Gasteiger partial charge in [-0.3, -0.25) is 14.9 Å². The van der Waals surface area contributed by atoms with Crippen molar-refractivity contribution in [3.05, 3.63) is 0 Å². The number of carboxylic acid groups (broad SMARTS) is 1. The lowest BCUT2D eigenvalue weighted by Gasteiger charge is -2.31. The predicted molar refractivity (Wildman–Crippen MR) is 67.9 cm³/mol. The molecule has 1 aliphatic heterocycles. The van der Waals surface area contributed by atoms with Gasteiger partial charge in [0.05, 0.1) is 12.5 Å². The molecule has 17 heavy (non-hydrogen) atoms. The molecular formula is C11H20N2O3S. The summed E-state index contributed by atoms with van der Waals surface area (Å²) >= 11 is 1.67. The summed E-state index contributed by atoms with van der Waals surface area (Å²) in [7, 11) is 0. The molecule has 5 nitrogen and oxygen atoms in total. The first-order valence-corrected chi connectivity index (χ1v) is 6.79. The number of rotatable bonds is 4. The van der Waals surface area contributed by atoms with E-state index in [4.69, 9.17) is 5.11 Å². The summed E-state index contributed by atoms with van der Waals surface area (Å²) in [6, 6.07) is -0.543. The Labute approximate surface area is 106 Å². The highest BCUT2D eigenvalue weighted by molar-refractivity contribution is 7.99. The van der Waals surface area contributed by atoms with Crippen molar-refractivity contribution >= 4 is 23.6 Å². The van der Waals surface area contributed by atoms with Gasteiger partial charge in [0.1, 0.15) is 0 Å². The zero-order valence-electron chi connectivity index (χ0n) is 10.4. The average molecular weight is 260 g/mol. The highest BCUT2D eigenvalue weighted by Gasteiger charge is 2.31. The van der Waals surface area contributed by atoms with Crippen molar-refractivity contribution in [2.75, 3.05) is 11.6 Å². The van der Waals surface area contributed by atoms with E-state index in [9.17, 15) is 9.59 Å². The largest absolute Gasteiger partial charge is 0.481 e. The van der Waals surface area contributed by atoms with Gasteiger partial charge >= 0.3 is 5.97 Å². The highest BCUT2D eigenvalue weighted by Crippen LogP contribution is 2.22. The molecule has 1 rings (SSSR count). The van der Waals surface area contributed by atoms with E-state index in [-0.39, 0.29) is 29.8 Å². The second-order valence-corrected chi connectivity index (χ2v) is 6.33. The van der Waals surface area contributed by atoms with E-state index in [1.54, 1.807) is 11.8 Å². The molecule has 1 amide bonds. The van der Waals surface area contributed by atoms with Crippen molar-refractivity contribution in [2.24, 2.45) is 5.41 Å². The van der Waals surface area contributed by atoms with Crippen LogP contribution in [0.15, 0.2) is 0 Å². The van der Waals surface area contributed by atoms with Crippen LogP contribution in [0.4, 0.5) is 0 Å². The van der Waals surface area contributed by atoms with Gasteiger partial charge in [-0.25, -0.2) is 0 Å². The number of aliphatic carboxylic acids is 1. The van der Waals surface area contributed by atoms with Crippen molar-refractivity contribution in [2.45, 2.75) is 39.3 Å². The first kappa shape index (κ1) is 14.3. The summed E-state index contributed by atoms with van der Waals surface area (Å²) in [5, 5.41) is 14.8. The van der Waals surface area contributed by atoms with Crippen molar-refractivity contribution in [1.82, 2.24) is 10.6 Å². The topological polar surface area (TPSA) is 78.4 Å². The number of hydrogen-bond acceptors (Lipinski definition) is 4. The molecule has 2 unspecified atom stereocenters. The zero-order chi connectivity index (χ0) is 13.1. The van der Waals surface area contributed by atoms with Crippen LogP contribution < -0.4 is 10.6 Å². The number of amides is 1. The van der Waals surface area contributed by atoms with Crippen LogP contribution in [-0.2, 0) is 9.59 Å². The number of hydrogen-bond donors (Lipinski definition) is 3. The van der Waals surface area contributed by atoms with Crippen molar-refractivity contribution in [1.29, 1.82) is 0 Å². The molecule has 1 saturated heterocycles. The Balaban J connectivity index is 2.59. The van der Waals surface area contributed by atoms with Crippen molar-refractivity contribution < 1.29 is 14.7 Å². The first-order chi connectivity index (χ1) is 7.80. The highest BCUT2D eigenvalue weighted by atomic mass is 32.2. The van der Waals surface area contributed by atoms with E-state index in [1.807, 2.05) is 20.8 Å². The molecule has 1 fully saturated rings. The minimum Gasteiger partial charge on any atom is -0.481 e. The van der Waals surface area contributed by atoms with E-state index in [0.717, 1.165) is 11.6 Å². The van der Waals surface area contributed by atoms with Gasteiger partial charge in [-0.15, -0.1) is 11.8 Å². The molecule has 6 heteroatoms. The Kier molecular flexibility index (Phi) is 4.82. The summed E-state index contributed by atoms with van der Waals surface area (Å²) in [5.41, 5.74) is -0.264. The number of carbonyl (C=O) groups excluding carboxylic acids is 1. The summed E-state index contributed by atoms with van der Waals surface area (Å²) < 4.78 is 0. The van der Waals surface area contributed by atoms with Gasteiger partial charge in [0.25, 0.3) is 0 Å². The molecule has 0 aromatic carbocycles. The first-order valence-electron chi connectivity index (χ1n) is 5.64. The van der Waals surface area contributed by atoms with Gasteiger partial charge in [0.15, 0.2) is 0 Å². The second-order valence-electron chi connectivity index (χ2n) is 5.30. The zero-order valence-corrected chi connectivity index (χ0v) is 11.3. The van der Waals surface area contributed by atoms with Crippen LogP contribution in [-0.4, -0.2) is 40.7 Å². The summed E-state index contributed by atoms with van der Waals surface area (Å²) in [6.45, 7) is 5.78. The SMILES string of the molecule is CC(C)(C)C(CC(=O)O)NC(=O)C1CSCN1. The number of thioether (sulfide) groups is 1. The Hall–Kier alpha value is -0.750. The molecule has 0 radical (unpaired) electrons. The Morgan fingerprint density at radius 1 is 1.53 bits per heavy atom. The summed E-state index contributed by atoms with van der Waals surface area (Å²) in [6.07, 6.45) is -0.0465. The van der Waals surface area contributed by atoms with E-state index in [0.29, 0.717) is 0 Å². The molecule has 0 aromatic rings. The van der Waals surface area contributed by atoms with Crippen molar-refractivity contribution in [3.63, 3.8) is 0 Å². The molecule has 0 spiro atoms. The van der Waals surface area contributed by atoms with Crippen LogP contribution in [0.3, 0.4) is 0 Å². The van der Waals surface area contributed by atoms with Crippen LogP contribution in [0, 0.1) is 5.41 Å². The molecule has 0 aliphatic carbocycles. The van der Waals surface area contributed by atoms with E-state index in [1.165, 1.54) is 0 Å². The lowest BCUT2D eigenvalue weighted by Crippen LogP contribution is -2.51. The normalized spacial score (nSPS) is 22.2. The molecule has 0 bridgehead atoms. The summed E-state index contributed by atoms with van der Waals surface area (Å²) in [4.78, 5) is 22.7. The lowest BCUT2D eigenvalue weighted by atomic mass is 9.84. The number of nitrogens with one attached hydrogen (secondary N) is 2. The smallest absolute Gasteiger partial charge is 0.305 e. The minimum atomic E-state index is -0.890. The van der Waals surface area contributed by atoms with Crippen molar-refractivity contribution in [3.8, 4) is 0 Å². The average Bonchev–Trinajstić information content (AvgIpc) is 2.66. The number of carboxylic acids is 1. The maximum Gasteiger partial charge on any atom is 0.305 e. The predicted octanol–water partition coefficient (Wildman–Crippen LogP) is 0.654. The molecule has 98 valence electrons. The second kappa shape index (κ2) is 5.73. The Morgan fingerprint density at radius 3 is 2.59 bits per heavy atom. The monoisotopic (exact) mass is 260 g/mol. The van der Waals surface area contributed by atoms with Crippen LogP contribution in [0.1, 0.15) is 27.2 Å². The standard InChI is InChI=1S/C11H20N2O3S/c1-11(2,3)8(4-9(14)15)13-10(16)7-5-17-6-12-7/h7-8,12H,4-6H2,1-3H3,(H,13,16)(H,14,15). The molecular weight excluding hydrogens is 240 g/mol. The Bertz CT molecular complexity index is 296. The fraction of sp³-hybridized carbons (Fsp3) is 0.818. The van der Waals surface area contributed by atoms with Gasteiger partial charge in [0.2, 0.25) is 5.91 Å². The van der Waals surface area contributed by atoms with Crippen LogP contribution in [0.2, 0.25) is 0 Å². The molecule has 3 N–H and O–H groups in total. The third-order valence-corrected chi connectivity index (χ3v) is 3.71. The molecule has 1 aliphatic rings. The van der Waals surface area contributed by atoms with E-state index < -0.39 is 5.97 Å². The lowest BCUT2D eigenvalue weighted by molar-refractivity contribution is -0.138. The molecule has 0 aromatic heterocycles. The van der Waals surface area contributed by atoms with Crippen LogP contribution in [0.25, 0.3) is 0 Å². The molecule has 2 atom stereocenters. The Morgan fingerprint density at radius 2 is 2.18 bits per heavy atom. The molecule has 1 heterocycles. The van der Waals surface area contributed by atoms with E-state index in [2.05, 4.69) is 10.6 Å². The third kappa shape index (κ3) is 4.55. The summed E-state index contributed by atoms with van der Waals surface area (Å²) in [5.74, 6) is 0.530.